The smallest absolute Gasteiger partial charge is 0.0549 e. The zero-order valence-corrected chi connectivity index (χ0v) is 9.84. The number of aliphatic hydroxyl groups excluding tert-OH is 1. The van der Waals surface area contributed by atoms with Crippen LogP contribution in [0.1, 0.15) is 52.9 Å². The Hall–Kier alpha value is -0.0800. The van der Waals surface area contributed by atoms with Crippen molar-refractivity contribution in [1.82, 2.24) is 5.32 Å². The summed E-state index contributed by atoms with van der Waals surface area (Å²) in [6.45, 7) is 7.68. The van der Waals surface area contributed by atoms with Gasteiger partial charge < -0.3 is 10.4 Å². The molecule has 0 bridgehead atoms. The van der Waals surface area contributed by atoms with E-state index in [9.17, 15) is 5.11 Å². The van der Waals surface area contributed by atoms with E-state index in [4.69, 9.17) is 0 Å². The third-order valence-corrected chi connectivity index (χ3v) is 3.60. The van der Waals surface area contributed by atoms with Crippen molar-refractivity contribution in [2.45, 2.75) is 65.0 Å². The highest BCUT2D eigenvalue weighted by Crippen LogP contribution is 2.37. The highest BCUT2D eigenvalue weighted by Gasteiger charge is 2.33. The molecule has 0 aromatic rings. The summed E-state index contributed by atoms with van der Waals surface area (Å²) in [7, 11) is 0. The summed E-state index contributed by atoms with van der Waals surface area (Å²) in [6, 6.07) is 0.659. The maximum Gasteiger partial charge on any atom is 0.0549 e. The fourth-order valence-corrected chi connectivity index (χ4v) is 2.33. The normalized spacial score (nSPS) is 27.9. The minimum atomic E-state index is -0.119. The van der Waals surface area contributed by atoms with Gasteiger partial charge in [0.2, 0.25) is 0 Å². The van der Waals surface area contributed by atoms with Gasteiger partial charge in [-0.25, -0.2) is 0 Å². The van der Waals surface area contributed by atoms with Crippen LogP contribution in [0.3, 0.4) is 0 Å². The standard InChI is InChI=1S/C12H25NO/c1-4-10(14)7-9-13-11-6-5-8-12(11,2)3/h10-11,13-14H,4-9H2,1-3H3. The molecule has 2 N–H and O–H groups in total. The lowest BCUT2D eigenvalue weighted by Crippen LogP contribution is -2.39. The second-order valence-corrected chi connectivity index (χ2v) is 5.24. The Labute approximate surface area is 88.1 Å². The topological polar surface area (TPSA) is 32.3 Å². The summed E-state index contributed by atoms with van der Waals surface area (Å²) in [4.78, 5) is 0. The van der Waals surface area contributed by atoms with Crippen molar-refractivity contribution in [2.24, 2.45) is 5.41 Å². The van der Waals surface area contributed by atoms with Gasteiger partial charge in [-0.1, -0.05) is 27.2 Å². The van der Waals surface area contributed by atoms with Gasteiger partial charge in [-0.15, -0.1) is 0 Å². The zero-order valence-electron chi connectivity index (χ0n) is 9.84. The lowest BCUT2D eigenvalue weighted by molar-refractivity contribution is 0.155. The van der Waals surface area contributed by atoms with Crippen LogP contribution in [0.25, 0.3) is 0 Å². The lowest BCUT2D eigenvalue weighted by atomic mass is 9.87. The first kappa shape index (κ1) is 12.0. The average molecular weight is 199 g/mol. The molecule has 0 amide bonds. The third-order valence-electron chi connectivity index (χ3n) is 3.60. The van der Waals surface area contributed by atoms with Gasteiger partial charge in [0.25, 0.3) is 0 Å². The monoisotopic (exact) mass is 199 g/mol. The van der Waals surface area contributed by atoms with E-state index in [0.29, 0.717) is 11.5 Å². The van der Waals surface area contributed by atoms with Gasteiger partial charge in [0, 0.05) is 6.04 Å². The Balaban J connectivity index is 2.18. The molecule has 0 radical (unpaired) electrons. The molecule has 2 atom stereocenters. The summed E-state index contributed by atoms with van der Waals surface area (Å²) in [5, 5.41) is 13.0. The maximum atomic E-state index is 9.42. The fourth-order valence-electron chi connectivity index (χ4n) is 2.33. The van der Waals surface area contributed by atoms with Gasteiger partial charge >= 0.3 is 0 Å². The predicted octanol–water partition coefficient (Wildman–Crippen LogP) is 2.32. The SMILES string of the molecule is CCC(O)CCNC1CCCC1(C)C. The van der Waals surface area contributed by atoms with Crippen LogP contribution < -0.4 is 5.32 Å². The second kappa shape index (κ2) is 5.13. The molecule has 0 aliphatic heterocycles. The maximum absolute atomic E-state index is 9.42. The van der Waals surface area contributed by atoms with Gasteiger partial charge in [-0.05, 0) is 37.6 Å². The Bertz CT molecular complexity index is 168. The lowest BCUT2D eigenvalue weighted by Gasteiger charge is -2.28. The Morgan fingerprint density at radius 1 is 1.50 bits per heavy atom. The molecule has 2 unspecified atom stereocenters. The molecular weight excluding hydrogens is 174 g/mol. The molecule has 1 aliphatic carbocycles. The van der Waals surface area contributed by atoms with Gasteiger partial charge in [0.05, 0.1) is 6.10 Å². The van der Waals surface area contributed by atoms with E-state index in [1.54, 1.807) is 0 Å². The van der Waals surface area contributed by atoms with Crippen molar-refractivity contribution in [2.75, 3.05) is 6.54 Å². The molecular formula is C12H25NO. The van der Waals surface area contributed by atoms with Crippen LogP contribution in [-0.4, -0.2) is 23.8 Å². The Morgan fingerprint density at radius 3 is 2.71 bits per heavy atom. The molecule has 0 saturated heterocycles. The van der Waals surface area contributed by atoms with E-state index in [1.165, 1.54) is 19.3 Å². The largest absolute Gasteiger partial charge is 0.393 e. The number of nitrogens with one attached hydrogen (secondary N) is 1. The first-order valence-electron chi connectivity index (χ1n) is 5.97. The summed E-state index contributed by atoms with van der Waals surface area (Å²) in [6.07, 6.45) is 5.63. The number of hydrogen-bond donors (Lipinski definition) is 2. The third kappa shape index (κ3) is 3.25. The van der Waals surface area contributed by atoms with E-state index in [0.717, 1.165) is 19.4 Å². The molecule has 2 heteroatoms. The molecule has 2 nitrogen and oxygen atoms in total. The summed E-state index contributed by atoms with van der Waals surface area (Å²) >= 11 is 0. The summed E-state index contributed by atoms with van der Waals surface area (Å²) in [5.41, 5.74) is 0.456. The molecule has 0 aromatic heterocycles. The van der Waals surface area contributed by atoms with Crippen molar-refractivity contribution in [1.29, 1.82) is 0 Å². The van der Waals surface area contributed by atoms with Crippen molar-refractivity contribution in [3.63, 3.8) is 0 Å². The van der Waals surface area contributed by atoms with Crippen molar-refractivity contribution in [3.8, 4) is 0 Å². The van der Waals surface area contributed by atoms with Gasteiger partial charge in [-0.2, -0.15) is 0 Å². The van der Waals surface area contributed by atoms with Crippen LogP contribution in [0.4, 0.5) is 0 Å². The molecule has 0 heterocycles. The first-order chi connectivity index (χ1) is 6.56. The quantitative estimate of drug-likeness (QED) is 0.712. The van der Waals surface area contributed by atoms with Crippen LogP contribution in [0.5, 0.6) is 0 Å². The Kier molecular flexibility index (Phi) is 4.39. The van der Waals surface area contributed by atoms with E-state index in [1.807, 2.05) is 6.92 Å². The summed E-state index contributed by atoms with van der Waals surface area (Å²) in [5.74, 6) is 0. The van der Waals surface area contributed by atoms with Gasteiger partial charge in [-0.3, -0.25) is 0 Å². The highest BCUT2D eigenvalue weighted by molar-refractivity contribution is 4.90. The summed E-state index contributed by atoms with van der Waals surface area (Å²) < 4.78 is 0. The first-order valence-corrected chi connectivity index (χ1v) is 5.97. The van der Waals surface area contributed by atoms with Crippen LogP contribution in [0.2, 0.25) is 0 Å². The fraction of sp³-hybridized carbons (Fsp3) is 1.00. The van der Waals surface area contributed by atoms with Crippen LogP contribution in [-0.2, 0) is 0 Å². The molecule has 1 fully saturated rings. The van der Waals surface area contributed by atoms with Crippen molar-refractivity contribution >= 4 is 0 Å². The molecule has 0 aromatic carbocycles. The average Bonchev–Trinajstić information content (AvgIpc) is 2.45. The van der Waals surface area contributed by atoms with E-state index in [2.05, 4.69) is 19.2 Å². The van der Waals surface area contributed by atoms with Gasteiger partial charge in [0.15, 0.2) is 0 Å². The van der Waals surface area contributed by atoms with Crippen LogP contribution in [0.15, 0.2) is 0 Å². The Morgan fingerprint density at radius 2 is 2.21 bits per heavy atom. The van der Waals surface area contributed by atoms with Crippen LogP contribution >= 0.6 is 0 Å². The molecule has 0 spiro atoms. The molecule has 84 valence electrons. The number of rotatable bonds is 5. The molecule has 14 heavy (non-hydrogen) atoms. The van der Waals surface area contributed by atoms with Crippen molar-refractivity contribution < 1.29 is 5.11 Å². The number of hydrogen-bond acceptors (Lipinski definition) is 2. The van der Waals surface area contributed by atoms with Crippen molar-refractivity contribution in [3.05, 3.63) is 0 Å². The van der Waals surface area contributed by atoms with E-state index < -0.39 is 0 Å². The highest BCUT2D eigenvalue weighted by atomic mass is 16.3. The molecule has 1 saturated carbocycles. The second-order valence-electron chi connectivity index (χ2n) is 5.24. The van der Waals surface area contributed by atoms with E-state index >= 15 is 0 Å². The van der Waals surface area contributed by atoms with Crippen LogP contribution in [0, 0.1) is 5.41 Å². The minimum absolute atomic E-state index is 0.119. The van der Waals surface area contributed by atoms with E-state index in [-0.39, 0.29) is 6.10 Å². The molecule has 1 aliphatic rings. The minimum Gasteiger partial charge on any atom is -0.393 e. The predicted molar refractivity (Wildman–Crippen MR) is 60.3 cm³/mol. The number of aliphatic hydroxyl groups is 1. The van der Waals surface area contributed by atoms with Gasteiger partial charge in [0.1, 0.15) is 0 Å². The molecule has 1 rings (SSSR count). The zero-order chi connectivity index (χ0) is 10.6.